The minimum absolute atomic E-state index is 0.0310. The lowest BCUT2D eigenvalue weighted by Crippen LogP contribution is -2.39. The van der Waals surface area contributed by atoms with Gasteiger partial charge in [0, 0.05) is 24.5 Å². The number of aliphatic hydroxyl groups excluding tert-OH is 1. The van der Waals surface area contributed by atoms with E-state index in [0.29, 0.717) is 6.42 Å². The molecule has 0 aliphatic heterocycles. The van der Waals surface area contributed by atoms with Crippen molar-refractivity contribution in [3.05, 3.63) is 16.6 Å². The number of aliphatic carboxylic acids is 1. The van der Waals surface area contributed by atoms with Crippen molar-refractivity contribution in [1.82, 2.24) is 15.6 Å². The second-order valence-corrected chi connectivity index (χ2v) is 4.80. The molecule has 0 aliphatic carbocycles. The third kappa shape index (κ3) is 5.23. The van der Waals surface area contributed by atoms with E-state index < -0.39 is 18.1 Å². The van der Waals surface area contributed by atoms with E-state index in [2.05, 4.69) is 15.6 Å². The number of carboxylic acid groups (broad SMARTS) is 1. The number of hydrogen-bond acceptors (Lipinski definition) is 5. The van der Waals surface area contributed by atoms with Gasteiger partial charge in [-0.1, -0.05) is 6.92 Å². The lowest BCUT2D eigenvalue weighted by atomic mass is 10.2. The maximum atomic E-state index is 11.6. The van der Waals surface area contributed by atoms with Crippen LogP contribution in [0.25, 0.3) is 0 Å². The van der Waals surface area contributed by atoms with Gasteiger partial charge in [-0.15, -0.1) is 11.3 Å². The molecular formula is C11H17N3O4S. The van der Waals surface area contributed by atoms with Gasteiger partial charge in [-0.2, -0.15) is 0 Å². The number of carboxylic acids is 1. The van der Waals surface area contributed by atoms with Crippen LogP contribution in [-0.2, 0) is 4.79 Å². The number of aromatic nitrogens is 1. The zero-order valence-electron chi connectivity index (χ0n) is 10.5. The van der Waals surface area contributed by atoms with Gasteiger partial charge in [0.15, 0.2) is 6.10 Å². The first-order valence-electron chi connectivity index (χ1n) is 5.89. The summed E-state index contributed by atoms with van der Waals surface area (Å²) in [6.45, 7) is 2.02. The molecule has 0 aromatic carbocycles. The van der Waals surface area contributed by atoms with Crippen molar-refractivity contribution < 1.29 is 19.8 Å². The van der Waals surface area contributed by atoms with Crippen molar-refractivity contribution in [2.24, 2.45) is 0 Å². The molecule has 1 unspecified atom stereocenters. The number of carbonyl (C=O) groups is 2. The van der Waals surface area contributed by atoms with Crippen molar-refractivity contribution in [3.63, 3.8) is 0 Å². The van der Waals surface area contributed by atoms with Crippen molar-refractivity contribution in [3.8, 4) is 0 Å². The van der Waals surface area contributed by atoms with Crippen LogP contribution in [0.15, 0.2) is 11.6 Å². The van der Waals surface area contributed by atoms with Crippen LogP contribution in [0.1, 0.15) is 30.8 Å². The van der Waals surface area contributed by atoms with Gasteiger partial charge in [-0.3, -0.25) is 0 Å². The summed E-state index contributed by atoms with van der Waals surface area (Å²) in [6, 6.07) is -0.566. The first-order valence-corrected chi connectivity index (χ1v) is 6.77. The van der Waals surface area contributed by atoms with E-state index in [-0.39, 0.29) is 19.0 Å². The molecule has 2 amide bonds. The number of amides is 2. The van der Waals surface area contributed by atoms with Crippen LogP contribution >= 0.6 is 11.3 Å². The molecule has 0 saturated heterocycles. The number of rotatable bonds is 7. The third-order valence-electron chi connectivity index (χ3n) is 2.45. The monoisotopic (exact) mass is 287 g/mol. The molecule has 1 aromatic rings. The summed E-state index contributed by atoms with van der Waals surface area (Å²) < 4.78 is 0. The van der Waals surface area contributed by atoms with Gasteiger partial charge in [0.2, 0.25) is 0 Å². The highest BCUT2D eigenvalue weighted by Gasteiger charge is 2.16. The Morgan fingerprint density at radius 2 is 2.26 bits per heavy atom. The Balaban J connectivity index is 2.32. The Labute approximate surface area is 114 Å². The molecule has 0 aliphatic rings. The minimum Gasteiger partial charge on any atom is -0.479 e. The van der Waals surface area contributed by atoms with Crippen LogP contribution in [0.3, 0.4) is 0 Å². The van der Waals surface area contributed by atoms with E-state index >= 15 is 0 Å². The Morgan fingerprint density at radius 3 is 2.79 bits per heavy atom. The first kappa shape index (κ1) is 15.4. The van der Waals surface area contributed by atoms with Crippen LogP contribution < -0.4 is 10.6 Å². The van der Waals surface area contributed by atoms with E-state index in [4.69, 9.17) is 10.2 Å². The molecule has 1 aromatic heterocycles. The fraction of sp³-hybridized carbons (Fsp3) is 0.545. The predicted octanol–water partition coefficient (Wildman–Crippen LogP) is 0.729. The van der Waals surface area contributed by atoms with Gasteiger partial charge in [-0.05, 0) is 6.42 Å². The molecule has 7 nitrogen and oxygen atoms in total. The van der Waals surface area contributed by atoms with Gasteiger partial charge < -0.3 is 20.8 Å². The summed E-state index contributed by atoms with van der Waals surface area (Å²) in [6.07, 6.45) is 0.891. The highest BCUT2D eigenvalue weighted by molar-refractivity contribution is 7.09. The lowest BCUT2D eigenvalue weighted by Gasteiger charge is -2.15. The smallest absolute Gasteiger partial charge is 0.332 e. The Morgan fingerprint density at radius 1 is 1.53 bits per heavy atom. The quantitative estimate of drug-likeness (QED) is 0.590. The fourth-order valence-corrected chi connectivity index (χ4v) is 2.17. The first-order chi connectivity index (χ1) is 9.04. The highest BCUT2D eigenvalue weighted by Crippen LogP contribution is 2.18. The van der Waals surface area contributed by atoms with Crippen LogP contribution in [0, 0.1) is 0 Å². The van der Waals surface area contributed by atoms with Crippen molar-refractivity contribution in [2.45, 2.75) is 31.9 Å². The van der Waals surface area contributed by atoms with E-state index in [9.17, 15) is 9.59 Å². The molecule has 2 atom stereocenters. The summed E-state index contributed by atoms with van der Waals surface area (Å²) in [4.78, 5) is 26.1. The van der Waals surface area contributed by atoms with Crippen LogP contribution in [0.5, 0.6) is 0 Å². The lowest BCUT2D eigenvalue weighted by molar-refractivity contribution is -0.146. The largest absolute Gasteiger partial charge is 0.479 e. The minimum atomic E-state index is -1.46. The highest BCUT2D eigenvalue weighted by atomic mass is 32.1. The molecule has 1 heterocycles. The molecule has 4 N–H and O–H groups in total. The zero-order chi connectivity index (χ0) is 14.3. The van der Waals surface area contributed by atoms with Crippen molar-refractivity contribution in [1.29, 1.82) is 0 Å². The second-order valence-electron chi connectivity index (χ2n) is 3.87. The molecular weight excluding hydrogens is 270 g/mol. The average molecular weight is 287 g/mol. The Hall–Kier alpha value is -1.67. The van der Waals surface area contributed by atoms with Crippen molar-refractivity contribution in [2.75, 3.05) is 6.54 Å². The van der Waals surface area contributed by atoms with Gasteiger partial charge in [-0.25, -0.2) is 14.6 Å². The predicted molar refractivity (Wildman–Crippen MR) is 69.9 cm³/mol. The number of nitrogens with one attached hydrogen (secondary N) is 2. The number of hydrogen-bond donors (Lipinski definition) is 4. The molecule has 0 spiro atoms. The molecule has 8 heteroatoms. The van der Waals surface area contributed by atoms with Gasteiger partial charge in [0.1, 0.15) is 5.01 Å². The number of aliphatic hydroxyl groups is 1. The molecule has 19 heavy (non-hydrogen) atoms. The number of thiazole rings is 1. The van der Waals surface area contributed by atoms with E-state index in [1.807, 2.05) is 12.3 Å². The summed E-state index contributed by atoms with van der Waals surface area (Å²) >= 11 is 1.46. The molecule has 0 radical (unpaired) electrons. The van der Waals surface area contributed by atoms with Crippen molar-refractivity contribution >= 4 is 23.3 Å². The Kier molecular flexibility index (Phi) is 6.23. The van der Waals surface area contributed by atoms with Gasteiger partial charge >= 0.3 is 12.0 Å². The van der Waals surface area contributed by atoms with Crippen LogP contribution in [0.4, 0.5) is 4.79 Å². The van der Waals surface area contributed by atoms with Crippen LogP contribution in [-0.4, -0.2) is 39.8 Å². The van der Waals surface area contributed by atoms with Gasteiger partial charge in [0.05, 0.1) is 6.04 Å². The van der Waals surface area contributed by atoms with Crippen LogP contribution in [0.2, 0.25) is 0 Å². The Bertz CT molecular complexity index is 410. The third-order valence-corrected chi connectivity index (χ3v) is 3.34. The summed E-state index contributed by atoms with van der Waals surface area (Å²) in [5.74, 6) is -1.29. The van der Waals surface area contributed by atoms with E-state index in [0.717, 1.165) is 5.01 Å². The zero-order valence-corrected chi connectivity index (χ0v) is 11.3. The summed E-state index contributed by atoms with van der Waals surface area (Å²) in [7, 11) is 0. The SMILES string of the molecule is CCC(NC(=O)NCC[C@H](O)C(=O)O)c1nccs1. The molecule has 0 saturated carbocycles. The number of urea groups is 1. The normalized spacial score (nSPS) is 13.6. The van der Waals surface area contributed by atoms with Gasteiger partial charge in [0.25, 0.3) is 0 Å². The average Bonchev–Trinajstić information content (AvgIpc) is 2.89. The molecule has 106 valence electrons. The second kappa shape index (κ2) is 7.70. The van der Waals surface area contributed by atoms with E-state index in [1.54, 1.807) is 6.20 Å². The standard InChI is InChI=1S/C11H17N3O4S/c1-2-7(9-12-5-6-19-9)14-11(18)13-4-3-8(15)10(16)17/h5-8,15H,2-4H2,1H3,(H,16,17)(H2,13,14,18)/t7?,8-/m0/s1. The summed E-state index contributed by atoms with van der Waals surface area (Å²) in [5.41, 5.74) is 0. The number of nitrogens with zero attached hydrogens (tertiary/aromatic N) is 1. The number of carbonyl (C=O) groups excluding carboxylic acids is 1. The van der Waals surface area contributed by atoms with E-state index in [1.165, 1.54) is 11.3 Å². The molecule has 0 fully saturated rings. The maximum Gasteiger partial charge on any atom is 0.332 e. The summed E-state index contributed by atoms with van der Waals surface area (Å²) in [5, 5.41) is 25.4. The topological polar surface area (TPSA) is 112 Å². The molecule has 0 bridgehead atoms. The maximum absolute atomic E-state index is 11.6. The molecule has 1 rings (SSSR count). The fourth-order valence-electron chi connectivity index (χ4n) is 1.40.